The van der Waals surface area contributed by atoms with Gasteiger partial charge in [-0.1, -0.05) is 0 Å². The van der Waals surface area contributed by atoms with Crippen LogP contribution in [0.25, 0.3) is 0 Å². The van der Waals surface area contributed by atoms with E-state index in [0.717, 1.165) is 61.0 Å². The van der Waals surface area contributed by atoms with Crippen LogP contribution in [0.15, 0.2) is 0 Å². The molecule has 2 aliphatic heterocycles. The van der Waals surface area contributed by atoms with Crippen molar-refractivity contribution in [3.8, 4) is 17.2 Å². The van der Waals surface area contributed by atoms with Crippen LogP contribution in [0.1, 0.15) is 42.4 Å². The monoisotopic (exact) mass is 262 g/mol. The minimum atomic E-state index is -0.750. The van der Waals surface area contributed by atoms with E-state index in [-0.39, 0.29) is 5.75 Å². The number of aromatic hydroxyl groups is 1. The van der Waals surface area contributed by atoms with Crippen molar-refractivity contribution in [2.75, 3.05) is 13.2 Å². The molecule has 0 unspecified atom stereocenters. The molecular weight excluding hydrogens is 244 g/mol. The molecule has 4 rings (SSSR count). The largest absolute Gasteiger partial charge is 0.504 e. The quantitative estimate of drug-likeness (QED) is 0.813. The zero-order valence-corrected chi connectivity index (χ0v) is 10.9. The fourth-order valence-corrected chi connectivity index (χ4v) is 3.28. The molecule has 1 saturated carbocycles. The van der Waals surface area contributed by atoms with Gasteiger partial charge in [0.2, 0.25) is 0 Å². The SMILES string of the molecule is Oc1c2c(c(C3(O)CC3)c3c1OCCC3)OCCC2. The number of fused-ring (bicyclic) bond motifs is 2. The zero-order valence-electron chi connectivity index (χ0n) is 10.9. The van der Waals surface area contributed by atoms with Gasteiger partial charge in [-0.15, -0.1) is 0 Å². The lowest BCUT2D eigenvalue weighted by atomic mass is 9.88. The maximum absolute atomic E-state index is 10.6. The highest BCUT2D eigenvalue weighted by Gasteiger charge is 2.48. The van der Waals surface area contributed by atoms with E-state index in [1.54, 1.807) is 0 Å². The Morgan fingerprint density at radius 3 is 2.21 bits per heavy atom. The molecule has 2 heterocycles. The number of hydrogen-bond acceptors (Lipinski definition) is 4. The van der Waals surface area contributed by atoms with Gasteiger partial charge in [-0.25, -0.2) is 0 Å². The van der Waals surface area contributed by atoms with Crippen molar-refractivity contribution in [1.29, 1.82) is 0 Å². The van der Waals surface area contributed by atoms with Crippen LogP contribution in [0.5, 0.6) is 17.2 Å². The fraction of sp³-hybridized carbons (Fsp3) is 0.600. The molecule has 4 nitrogen and oxygen atoms in total. The van der Waals surface area contributed by atoms with Crippen LogP contribution < -0.4 is 9.47 Å². The lowest BCUT2D eigenvalue weighted by molar-refractivity contribution is 0.139. The lowest BCUT2D eigenvalue weighted by Crippen LogP contribution is -2.21. The number of hydrogen-bond donors (Lipinski definition) is 2. The van der Waals surface area contributed by atoms with Gasteiger partial charge in [0, 0.05) is 16.7 Å². The van der Waals surface area contributed by atoms with Gasteiger partial charge in [0.05, 0.1) is 18.8 Å². The molecule has 0 spiro atoms. The van der Waals surface area contributed by atoms with Crippen molar-refractivity contribution in [2.45, 2.75) is 44.1 Å². The van der Waals surface area contributed by atoms with Crippen LogP contribution in [-0.4, -0.2) is 23.4 Å². The van der Waals surface area contributed by atoms with Crippen molar-refractivity contribution in [3.05, 3.63) is 16.7 Å². The Hall–Kier alpha value is -1.42. The number of aliphatic hydroxyl groups is 1. The second-order valence-electron chi connectivity index (χ2n) is 5.77. The third kappa shape index (κ3) is 1.56. The maximum atomic E-state index is 10.6. The van der Waals surface area contributed by atoms with Gasteiger partial charge >= 0.3 is 0 Å². The predicted octanol–water partition coefficient (Wildman–Crippen LogP) is 2.02. The number of phenolic OH excluding ortho intramolecular Hbond substituents is 1. The van der Waals surface area contributed by atoms with E-state index in [9.17, 15) is 10.2 Å². The predicted molar refractivity (Wildman–Crippen MR) is 68.9 cm³/mol. The number of phenols is 1. The molecule has 2 N–H and O–H groups in total. The smallest absolute Gasteiger partial charge is 0.165 e. The fourth-order valence-electron chi connectivity index (χ4n) is 3.28. The van der Waals surface area contributed by atoms with Crippen molar-refractivity contribution >= 4 is 0 Å². The first-order valence-electron chi connectivity index (χ1n) is 7.10. The Balaban J connectivity index is 2.01. The van der Waals surface area contributed by atoms with Crippen molar-refractivity contribution < 1.29 is 19.7 Å². The molecule has 0 atom stereocenters. The van der Waals surface area contributed by atoms with E-state index in [1.807, 2.05) is 0 Å². The molecule has 0 amide bonds. The highest BCUT2D eigenvalue weighted by atomic mass is 16.5. The maximum Gasteiger partial charge on any atom is 0.165 e. The molecule has 0 aromatic heterocycles. The molecule has 4 heteroatoms. The Labute approximate surface area is 112 Å². The van der Waals surface area contributed by atoms with E-state index in [4.69, 9.17) is 9.47 Å². The summed E-state index contributed by atoms with van der Waals surface area (Å²) in [5.74, 6) is 1.55. The molecule has 19 heavy (non-hydrogen) atoms. The highest BCUT2D eigenvalue weighted by molar-refractivity contribution is 5.66. The summed E-state index contributed by atoms with van der Waals surface area (Å²) in [5, 5.41) is 21.0. The Morgan fingerprint density at radius 1 is 0.895 bits per heavy atom. The molecule has 1 aliphatic carbocycles. The lowest BCUT2D eigenvalue weighted by Gasteiger charge is -2.30. The first-order valence-corrected chi connectivity index (χ1v) is 7.10. The molecule has 102 valence electrons. The van der Waals surface area contributed by atoms with Gasteiger partial charge in [-0.3, -0.25) is 0 Å². The average molecular weight is 262 g/mol. The minimum Gasteiger partial charge on any atom is -0.504 e. The summed E-state index contributed by atoms with van der Waals surface area (Å²) in [6.45, 7) is 1.30. The molecule has 0 saturated heterocycles. The Kier molecular flexibility index (Phi) is 2.28. The molecule has 0 bridgehead atoms. The standard InChI is InChI=1S/C15H18O4/c16-12-10-4-2-7-18-13(10)11(15(17)5-6-15)9-3-1-8-19-14(9)12/h16-17H,1-8H2. The van der Waals surface area contributed by atoms with E-state index in [2.05, 4.69) is 0 Å². The van der Waals surface area contributed by atoms with E-state index in [0.29, 0.717) is 19.0 Å². The molecule has 1 aromatic rings. The third-order valence-corrected chi connectivity index (χ3v) is 4.40. The molecule has 1 aromatic carbocycles. The van der Waals surface area contributed by atoms with Gasteiger partial charge in [0.15, 0.2) is 11.5 Å². The minimum absolute atomic E-state index is 0.234. The van der Waals surface area contributed by atoms with Crippen molar-refractivity contribution in [3.63, 3.8) is 0 Å². The Bertz CT molecular complexity index is 509. The van der Waals surface area contributed by atoms with Crippen LogP contribution in [0.2, 0.25) is 0 Å². The molecular formula is C15H18O4. The first-order chi connectivity index (χ1) is 9.21. The summed E-state index contributed by atoms with van der Waals surface area (Å²) >= 11 is 0. The van der Waals surface area contributed by atoms with Crippen LogP contribution >= 0.6 is 0 Å². The van der Waals surface area contributed by atoms with E-state index >= 15 is 0 Å². The second kappa shape index (κ2) is 3.79. The normalized spacial score (nSPS) is 22.8. The van der Waals surface area contributed by atoms with Gasteiger partial charge < -0.3 is 19.7 Å². The number of benzene rings is 1. The zero-order chi connectivity index (χ0) is 13.0. The molecule has 3 aliphatic rings. The van der Waals surface area contributed by atoms with Crippen LogP contribution in [0.3, 0.4) is 0 Å². The molecule has 1 fully saturated rings. The van der Waals surface area contributed by atoms with Crippen molar-refractivity contribution in [1.82, 2.24) is 0 Å². The van der Waals surface area contributed by atoms with Gasteiger partial charge in [-0.2, -0.15) is 0 Å². The third-order valence-electron chi connectivity index (χ3n) is 4.40. The summed E-state index contributed by atoms with van der Waals surface area (Å²) in [5.41, 5.74) is 1.93. The summed E-state index contributed by atoms with van der Waals surface area (Å²) in [6.07, 6.45) is 5.02. The second-order valence-corrected chi connectivity index (χ2v) is 5.77. The first kappa shape index (κ1) is 11.4. The van der Waals surface area contributed by atoms with Crippen LogP contribution in [-0.2, 0) is 18.4 Å². The van der Waals surface area contributed by atoms with Gasteiger partial charge in [0.25, 0.3) is 0 Å². The summed E-state index contributed by atoms with van der Waals surface area (Å²) in [6, 6.07) is 0. The number of ether oxygens (including phenoxy) is 2. The van der Waals surface area contributed by atoms with Crippen molar-refractivity contribution in [2.24, 2.45) is 0 Å². The van der Waals surface area contributed by atoms with Gasteiger partial charge in [-0.05, 0) is 38.5 Å². The van der Waals surface area contributed by atoms with Crippen LogP contribution in [0, 0.1) is 0 Å². The Morgan fingerprint density at radius 2 is 1.53 bits per heavy atom. The summed E-state index contributed by atoms with van der Waals surface area (Å²) < 4.78 is 11.5. The number of rotatable bonds is 1. The summed E-state index contributed by atoms with van der Waals surface area (Å²) in [7, 11) is 0. The molecule has 0 radical (unpaired) electrons. The van der Waals surface area contributed by atoms with E-state index < -0.39 is 5.60 Å². The topological polar surface area (TPSA) is 58.9 Å². The van der Waals surface area contributed by atoms with E-state index in [1.165, 1.54) is 0 Å². The van der Waals surface area contributed by atoms with Crippen LogP contribution in [0.4, 0.5) is 0 Å². The summed E-state index contributed by atoms with van der Waals surface area (Å²) in [4.78, 5) is 0. The van der Waals surface area contributed by atoms with Gasteiger partial charge in [0.1, 0.15) is 5.75 Å². The highest BCUT2D eigenvalue weighted by Crippen LogP contribution is 2.57. The average Bonchev–Trinajstić information content (AvgIpc) is 3.18.